The van der Waals surface area contributed by atoms with Crippen LogP contribution >= 0.6 is 23.2 Å². The second kappa shape index (κ2) is 7.64. The fraction of sp³-hybridized carbons (Fsp3) is 0.154. The Bertz CT molecular complexity index is 973. The smallest absolute Gasteiger partial charge is 0.420 e. The number of sulfonamides is 1. The van der Waals surface area contributed by atoms with Gasteiger partial charge in [0.15, 0.2) is 0 Å². The van der Waals surface area contributed by atoms with E-state index in [0.717, 1.165) is 13.4 Å². The van der Waals surface area contributed by atoms with Crippen molar-refractivity contribution in [3.63, 3.8) is 0 Å². The molecule has 0 aliphatic heterocycles. The molecular weight excluding hydrogens is 422 g/mol. The highest BCUT2D eigenvalue weighted by Gasteiger charge is 2.26. The van der Waals surface area contributed by atoms with Crippen LogP contribution in [0.15, 0.2) is 23.4 Å². The van der Waals surface area contributed by atoms with E-state index in [1.807, 2.05) is 0 Å². The molecule has 13 heteroatoms. The molecule has 0 unspecified atom stereocenters. The lowest BCUT2D eigenvalue weighted by Gasteiger charge is -2.12. The summed E-state index contributed by atoms with van der Waals surface area (Å²) in [5.74, 6) is -1.08. The van der Waals surface area contributed by atoms with Crippen molar-refractivity contribution in [2.24, 2.45) is 0 Å². The van der Waals surface area contributed by atoms with Crippen LogP contribution in [0, 0.1) is 5.82 Å². The van der Waals surface area contributed by atoms with Crippen molar-refractivity contribution >= 4 is 39.3 Å². The molecule has 0 atom stereocenters. The number of carbonyl (C=O) groups is 1. The molecular formula is C13H8Cl2F3N3O4S. The molecule has 0 saturated heterocycles. The standard InChI is InChI=1S/C13H8Cl2F3N3O4S/c1-25-13(22)21-26(23,24)8-2-5(7(16)3-6(8)14)10-9(15)11(12(17)18)20-4-19-10/h2-4,12H,1H3,(H,21,22). The maximum Gasteiger partial charge on any atom is 0.420 e. The van der Waals surface area contributed by atoms with Crippen molar-refractivity contribution in [2.75, 3.05) is 7.11 Å². The number of nitrogens with zero attached hydrogens (tertiary/aromatic N) is 2. The summed E-state index contributed by atoms with van der Waals surface area (Å²) in [7, 11) is -3.62. The number of halogens is 5. The average Bonchev–Trinajstić information content (AvgIpc) is 2.54. The second-order valence-electron chi connectivity index (χ2n) is 4.58. The number of hydrogen-bond acceptors (Lipinski definition) is 6. The molecule has 140 valence electrons. The molecule has 2 aromatic rings. The number of amides is 1. The van der Waals surface area contributed by atoms with Crippen molar-refractivity contribution in [2.45, 2.75) is 11.3 Å². The van der Waals surface area contributed by atoms with Gasteiger partial charge in [0.2, 0.25) is 0 Å². The topological polar surface area (TPSA) is 98.2 Å². The fourth-order valence-corrected chi connectivity index (χ4v) is 3.58. The minimum atomic E-state index is -4.55. The highest BCUT2D eigenvalue weighted by atomic mass is 35.5. The van der Waals surface area contributed by atoms with E-state index < -0.39 is 60.3 Å². The van der Waals surface area contributed by atoms with E-state index in [-0.39, 0.29) is 0 Å². The fourth-order valence-electron chi connectivity index (χ4n) is 1.85. The SMILES string of the molecule is COC(=O)NS(=O)(=O)c1cc(-c2ncnc(C(F)F)c2Cl)c(F)cc1Cl. The number of hydrogen-bond donors (Lipinski definition) is 1. The molecule has 0 saturated carbocycles. The van der Waals surface area contributed by atoms with Gasteiger partial charge in [-0.15, -0.1) is 0 Å². The molecule has 7 nitrogen and oxygen atoms in total. The van der Waals surface area contributed by atoms with Crippen LogP contribution in [-0.4, -0.2) is 31.6 Å². The summed E-state index contributed by atoms with van der Waals surface area (Å²) < 4.78 is 70.1. The van der Waals surface area contributed by atoms with E-state index in [4.69, 9.17) is 23.2 Å². The van der Waals surface area contributed by atoms with Gasteiger partial charge < -0.3 is 4.74 Å². The molecule has 1 aromatic carbocycles. The molecule has 0 aliphatic carbocycles. The summed E-state index contributed by atoms with van der Waals surface area (Å²) in [5, 5.41) is -1.23. The molecule has 1 heterocycles. The Labute approximate surface area is 155 Å². The van der Waals surface area contributed by atoms with Crippen LogP contribution < -0.4 is 4.72 Å². The molecule has 0 spiro atoms. The highest BCUT2D eigenvalue weighted by molar-refractivity contribution is 7.90. The molecule has 0 radical (unpaired) electrons. The van der Waals surface area contributed by atoms with Gasteiger partial charge in [-0.1, -0.05) is 23.2 Å². The van der Waals surface area contributed by atoms with Crippen LogP contribution in [0.1, 0.15) is 12.1 Å². The Balaban J connectivity index is 2.67. The van der Waals surface area contributed by atoms with E-state index in [2.05, 4.69) is 14.7 Å². The third kappa shape index (κ3) is 4.00. The third-order valence-electron chi connectivity index (χ3n) is 2.99. The van der Waals surface area contributed by atoms with Crippen molar-refractivity contribution in [1.82, 2.24) is 14.7 Å². The Morgan fingerprint density at radius 1 is 1.27 bits per heavy atom. The van der Waals surface area contributed by atoms with Crippen LogP contribution in [-0.2, 0) is 14.8 Å². The largest absolute Gasteiger partial charge is 0.452 e. The molecule has 0 bridgehead atoms. The molecule has 0 fully saturated rings. The van der Waals surface area contributed by atoms with Crippen molar-refractivity contribution in [3.05, 3.63) is 40.0 Å². The Kier molecular flexibility index (Phi) is 5.94. The molecule has 26 heavy (non-hydrogen) atoms. The Morgan fingerprint density at radius 3 is 2.50 bits per heavy atom. The van der Waals surface area contributed by atoms with Gasteiger partial charge in [0, 0.05) is 5.56 Å². The van der Waals surface area contributed by atoms with Crippen molar-refractivity contribution in [1.29, 1.82) is 0 Å². The zero-order valence-electron chi connectivity index (χ0n) is 12.6. The summed E-state index contributed by atoms with van der Waals surface area (Å²) in [6, 6.07) is 1.32. The monoisotopic (exact) mass is 429 g/mol. The highest BCUT2D eigenvalue weighted by Crippen LogP contribution is 2.36. The predicted molar refractivity (Wildman–Crippen MR) is 85.1 cm³/mol. The summed E-state index contributed by atoms with van der Waals surface area (Å²) in [6.07, 6.45) is -3.66. The first-order valence-electron chi connectivity index (χ1n) is 6.47. The first-order valence-corrected chi connectivity index (χ1v) is 8.71. The van der Waals surface area contributed by atoms with E-state index in [1.165, 1.54) is 4.72 Å². The number of methoxy groups -OCH3 is 1. The summed E-state index contributed by atoms with van der Waals surface area (Å²) >= 11 is 11.5. The zero-order valence-corrected chi connectivity index (χ0v) is 15.0. The van der Waals surface area contributed by atoms with Crippen LogP contribution in [0.2, 0.25) is 10.0 Å². The Hall–Kier alpha value is -2.11. The lowest BCUT2D eigenvalue weighted by atomic mass is 10.1. The lowest BCUT2D eigenvalue weighted by Crippen LogP contribution is -2.30. The number of alkyl halides is 2. The summed E-state index contributed by atoms with van der Waals surface area (Å²) in [6.45, 7) is 0. The quantitative estimate of drug-likeness (QED) is 0.797. The number of rotatable bonds is 4. The van der Waals surface area contributed by atoms with E-state index in [0.29, 0.717) is 12.1 Å². The average molecular weight is 430 g/mol. The number of nitrogens with one attached hydrogen (secondary N) is 1. The number of benzene rings is 1. The zero-order chi connectivity index (χ0) is 19.6. The number of carbonyl (C=O) groups excluding carboxylic acids is 1. The van der Waals surface area contributed by atoms with Crippen molar-refractivity contribution < 1.29 is 31.1 Å². The molecule has 1 N–H and O–H groups in total. The first-order chi connectivity index (χ1) is 12.1. The third-order valence-corrected chi connectivity index (χ3v) is 5.14. The second-order valence-corrected chi connectivity index (χ2v) is 7.02. The van der Waals surface area contributed by atoms with Gasteiger partial charge in [-0.2, -0.15) is 0 Å². The minimum Gasteiger partial charge on any atom is -0.452 e. The van der Waals surface area contributed by atoms with Gasteiger partial charge in [0.05, 0.1) is 22.8 Å². The van der Waals surface area contributed by atoms with Gasteiger partial charge in [-0.05, 0) is 12.1 Å². The molecule has 1 amide bonds. The molecule has 0 aliphatic rings. The lowest BCUT2D eigenvalue weighted by molar-refractivity contribution is 0.146. The van der Waals surface area contributed by atoms with Gasteiger partial charge in [-0.3, -0.25) is 0 Å². The van der Waals surface area contributed by atoms with Gasteiger partial charge in [0.1, 0.15) is 22.7 Å². The normalized spacial score (nSPS) is 11.5. The summed E-state index contributed by atoms with van der Waals surface area (Å²) in [5.41, 5.74) is -1.86. The van der Waals surface area contributed by atoms with E-state index in [1.54, 1.807) is 0 Å². The van der Waals surface area contributed by atoms with E-state index >= 15 is 0 Å². The van der Waals surface area contributed by atoms with Crippen LogP contribution in [0.25, 0.3) is 11.3 Å². The molecule has 2 rings (SSSR count). The minimum absolute atomic E-state index is 0.472. The number of ether oxygens (including phenoxy) is 1. The van der Waals surface area contributed by atoms with Crippen molar-refractivity contribution in [3.8, 4) is 11.3 Å². The first kappa shape index (κ1) is 20.2. The van der Waals surface area contributed by atoms with Gasteiger partial charge >= 0.3 is 6.09 Å². The van der Waals surface area contributed by atoms with E-state index in [9.17, 15) is 26.4 Å². The molecule has 1 aromatic heterocycles. The number of aromatic nitrogens is 2. The Morgan fingerprint density at radius 2 is 1.92 bits per heavy atom. The van der Waals surface area contributed by atoms with Gasteiger partial charge in [-0.25, -0.2) is 41.1 Å². The maximum atomic E-state index is 14.2. The maximum absolute atomic E-state index is 14.2. The van der Waals surface area contributed by atoms with Crippen LogP contribution in [0.3, 0.4) is 0 Å². The summed E-state index contributed by atoms with van der Waals surface area (Å²) in [4.78, 5) is 17.4. The predicted octanol–water partition coefficient (Wildman–Crippen LogP) is 3.57. The van der Waals surface area contributed by atoms with Crippen LogP contribution in [0.4, 0.5) is 18.0 Å². The van der Waals surface area contributed by atoms with Gasteiger partial charge in [0.25, 0.3) is 16.4 Å². The van der Waals surface area contributed by atoms with Crippen LogP contribution in [0.5, 0.6) is 0 Å².